The number of hydrogen-bond acceptors (Lipinski definition) is 3. The Morgan fingerprint density at radius 1 is 1.12 bits per heavy atom. The fraction of sp³-hybridized carbons (Fsp3) is 0.105. The van der Waals surface area contributed by atoms with Crippen LogP contribution in [0.3, 0.4) is 0 Å². The topological polar surface area (TPSA) is 75.6 Å². The molecule has 2 aromatic carbocycles. The largest absolute Gasteiger partial charge is 0.361 e. The number of para-hydroxylation sites is 2. The first-order valence-electron chi connectivity index (χ1n) is 8.07. The highest BCUT2D eigenvalue weighted by atomic mass is 16.1. The molecule has 0 aliphatic carbocycles. The molecule has 6 nitrogen and oxygen atoms in total. The second-order valence-corrected chi connectivity index (χ2v) is 5.87. The lowest BCUT2D eigenvalue weighted by Gasteiger charge is -2.11. The molecule has 2 heterocycles. The molecule has 2 N–H and O–H groups in total. The average molecular weight is 331 g/mol. The first-order valence-corrected chi connectivity index (χ1v) is 8.07. The molecular formula is C19H17N5O. The molecule has 124 valence electrons. The van der Waals surface area contributed by atoms with Crippen molar-refractivity contribution in [2.24, 2.45) is 0 Å². The second-order valence-electron chi connectivity index (χ2n) is 5.87. The van der Waals surface area contributed by atoms with E-state index in [-0.39, 0.29) is 11.9 Å². The van der Waals surface area contributed by atoms with Crippen molar-refractivity contribution in [3.05, 3.63) is 78.2 Å². The van der Waals surface area contributed by atoms with Gasteiger partial charge >= 0.3 is 0 Å². The Kier molecular flexibility index (Phi) is 3.78. The molecule has 0 saturated carbocycles. The van der Waals surface area contributed by atoms with E-state index in [1.165, 1.54) is 0 Å². The predicted octanol–water partition coefficient (Wildman–Crippen LogP) is 3.24. The molecule has 4 rings (SSSR count). The van der Waals surface area contributed by atoms with E-state index in [9.17, 15) is 4.79 Å². The third-order valence-corrected chi connectivity index (χ3v) is 4.15. The lowest BCUT2D eigenvalue weighted by molar-refractivity contribution is 0.0940. The molecule has 1 amide bonds. The number of benzene rings is 2. The van der Waals surface area contributed by atoms with Crippen molar-refractivity contribution in [1.29, 1.82) is 0 Å². The van der Waals surface area contributed by atoms with Gasteiger partial charge in [0, 0.05) is 11.6 Å². The summed E-state index contributed by atoms with van der Waals surface area (Å²) >= 11 is 0. The Balaban J connectivity index is 1.54. The van der Waals surface area contributed by atoms with Crippen LogP contribution in [0.1, 0.15) is 29.0 Å². The third kappa shape index (κ3) is 2.89. The summed E-state index contributed by atoms with van der Waals surface area (Å²) in [6.45, 7) is 1.89. The quantitative estimate of drug-likeness (QED) is 0.603. The first kappa shape index (κ1) is 15.1. The van der Waals surface area contributed by atoms with E-state index in [4.69, 9.17) is 0 Å². The van der Waals surface area contributed by atoms with Crippen LogP contribution in [-0.2, 0) is 0 Å². The van der Waals surface area contributed by atoms with Gasteiger partial charge in [-0.15, -0.1) is 5.10 Å². The van der Waals surface area contributed by atoms with Gasteiger partial charge in [-0.25, -0.2) is 4.68 Å². The third-order valence-electron chi connectivity index (χ3n) is 4.15. The fourth-order valence-corrected chi connectivity index (χ4v) is 2.80. The second kappa shape index (κ2) is 6.24. The van der Waals surface area contributed by atoms with Gasteiger partial charge in [-0.3, -0.25) is 4.79 Å². The van der Waals surface area contributed by atoms with Crippen LogP contribution >= 0.6 is 0 Å². The Morgan fingerprint density at radius 3 is 2.80 bits per heavy atom. The lowest BCUT2D eigenvalue weighted by atomic mass is 10.1. The number of aromatic amines is 1. The number of carbonyl (C=O) groups is 1. The number of aromatic nitrogens is 4. The molecule has 0 aliphatic heterocycles. The molecule has 0 saturated heterocycles. The maximum Gasteiger partial charge on any atom is 0.253 e. The normalized spacial score (nSPS) is 12.2. The summed E-state index contributed by atoms with van der Waals surface area (Å²) < 4.78 is 1.70. The van der Waals surface area contributed by atoms with E-state index in [2.05, 4.69) is 20.6 Å². The van der Waals surface area contributed by atoms with Gasteiger partial charge in [-0.2, -0.15) is 0 Å². The Morgan fingerprint density at radius 2 is 1.96 bits per heavy atom. The molecule has 0 aliphatic rings. The van der Waals surface area contributed by atoms with E-state index in [0.717, 1.165) is 16.6 Å². The number of amides is 1. The van der Waals surface area contributed by atoms with Crippen LogP contribution in [0.5, 0.6) is 0 Å². The minimum atomic E-state index is -0.254. The summed E-state index contributed by atoms with van der Waals surface area (Å²) in [5.41, 5.74) is 3.08. The molecule has 0 fully saturated rings. The SMILES string of the molecule is C[C@@H](NC(=O)c1cccc2cc[nH]c12)c1cn(-c2ccccc2)nn1. The summed E-state index contributed by atoms with van der Waals surface area (Å²) in [6.07, 6.45) is 3.66. The molecule has 0 unspecified atom stereocenters. The molecular weight excluding hydrogens is 314 g/mol. The molecule has 6 heteroatoms. The number of fused-ring (bicyclic) bond motifs is 1. The van der Waals surface area contributed by atoms with Crippen LogP contribution in [0.15, 0.2) is 67.0 Å². The standard InChI is InChI=1S/C19H17N5O/c1-13(17-12-24(23-22-17)15-7-3-2-4-8-15)21-19(25)16-9-5-6-14-10-11-20-18(14)16/h2-13,20H,1H3,(H,21,25)/t13-/m1/s1. The van der Waals surface area contributed by atoms with Crippen molar-refractivity contribution < 1.29 is 4.79 Å². The zero-order valence-corrected chi connectivity index (χ0v) is 13.7. The van der Waals surface area contributed by atoms with Gasteiger partial charge in [0.05, 0.1) is 29.0 Å². The van der Waals surface area contributed by atoms with Crippen molar-refractivity contribution in [1.82, 2.24) is 25.3 Å². The van der Waals surface area contributed by atoms with Gasteiger partial charge in [0.1, 0.15) is 5.69 Å². The van der Waals surface area contributed by atoms with Gasteiger partial charge in [0.15, 0.2) is 0 Å². The van der Waals surface area contributed by atoms with Crippen molar-refractivity contribution >= 4 is 16.8 Å². The highest BCUT2D eigenvalue weighted by Crippen LogP contribution is 2.18. The Labute approximate surface area is 144 Å². The van der Waals surface area contributed by atoms with Gasteiger partial charge in [0.25, 0.3) is 5.91 Å². The van der Waals surface area contributed by atoms with E-state index in [1.807, 2.05) is 73.9 Å². The highest BCUT2D eigenvalue weighted by molar-refractivity contribution is 6.05. The fourth-order valence-electron chi connectivity index (χ4n) is 2.80. The molecule has 1 atom stereocenters. The predicted molar refractivity (Wildman–Crippen MR) is 95.5 cm³/mol. The summed E-state index contributed by atoms with van der Waals surface area (Å²) in [7, 11) is 0. The van der Waals surface area contributed by atoms with Gasteiger partial charge in [-0.05, 0) is 31.2 Å². The van der Waals surface area contributed by atoms with E-state index >= 15 is 0 Å². The van der Waals surface area contributed by atoms with Crippen LogP contribution < -0.4 is 5.32 Å². The van der Waals surface area contributed by atoms with Gasteiger partial charge in [0.2, 0.25) is 0 Å². The van der Waals surface area contributed by atoms with Crippen molar-refractivity contribution in [3.8, 4) is 5.69 Å². The smallest absolute Gasteiger partial charge is 0.253 e. The van der Waals surface area contributed by atoms with Crippen LogP contribution in [0.4, 0.5) is 0 Å². The van der Waals surface area contributed by atoms with Gasteiger partial charge < -0.3 is 10.3 Å². The zero-order chi connectivity index (χ0) is 17.2. The maximum atomic E-state index is 12.6. The lowest BCUT2D eigenvalue weighted by Crippen LogP contribution is -2.27. The average Bonchev–Trinajstić information content (AvgIpc) is 3.31. The number of carbonyl (C=O) groups excluding carboxylic acids is 1. The first-order chi connectivity index (χ1) is 12.2. The summed E-state index contributed by atoms with van der Waals surface area (Å²) in [5, 5.41) is 12.3. The number of nitrogens with one attached hydrogen (secondary N) is 2. The number of rotatable bonds is 4. The van der Waals surface area contributed by atoms with Crippen molar-refractivity contribution in [2.75, 3.05) is 0 Å². The Hall–Kier alpha value is -3.41. The van der Waals surface area contributed by atoms with E-state index in [0.29, 0.717) is 11.3 Å². The minimum absolute atomic E-state index is 0.144. The molecule has 2 aromatic heterocycles. The van der Waals surface area contributed by atoms with Gasteiger partial charge in [-0.1, -0.05) is 35.5 Å². The summed E-state index contributed by atoms with van der Waals surface area (Å²) in [4.78, 5) is 15.7. The van der Waals surface area contributed by atoms with E-state index < -0.39 is 0 Å². The maximum absolute atomic E-state index is 12.6. The monoisotopic (exact) mass is 331 g/mol. The molecule has 0 spiro atoms. The van der Waals surface area contributed by atoms with Crippen molar-refractivity contribution in [2.45, 2.75) is 13.0 Å². The van der Waals surface area contributed by atoms with Crippen LogP contribution in [0.25, 0.3) is 16.6 Å². The Bertz CT molecular complexity index is 1020. The van der Waals surface area contributed by atoms with Crippen LogP contribution in [0.2, 0.25) is 0 Å². The zero-order valence-electron chi connectivity index (χ0n) is 13.7. The number of H-pyrrole nitrogens is 1. The molecule has 0 bridgehead atoms. The highest BCUT2D eigenvalue weighted by Gasteiger charge is 2.17. The summed E-state index contributed by atoms with van der Waals surface area (Å²) in [5.74, 6) is -0.144. The number of nitrogens with zero attached hydrogens (tertiary/aromatic N) is 3. The van der Waals surface area contributed by atoms with E-state index in [1.54, 1.807) is 4.68 Å². The molecule has 25 heavy (non-hydrogen) atoms. The van der Waals surface area contributed by atoms with Crippen LogP contribution in [-0.4, -0.2) is 25.9 Å². The van der Waals surface area contributed by atoms with Crippen LogP contribution in [0, 0.1) is 0 Å². The summed E-state index contributed by atoms with van der Waals surface area (Å²) in [6, 6.07) is 17.1. The molecule has 4 aromatic rings. The minimum Gasteiger partial charge on any atom is -0.361 e. The number of hydrogen-bond donors (Lipinski definition) is 2. The van der Waals surface area contributed by atoms with Crippen molar-refractivity contribution in [3.63, 3.8) is 0 Å². The molecule has 0 radical (unpaired) electrons.